The molecule has 0 radical (unpaired) electrons. The Morgan fingerprint density at radius 2 is 1.79 bits per heavy atom. The second-order valence-corrected chi connectivity index (χ2v) is 7.27. The van der Waals surface area contributed by atoms with Gasteiger partial charge < -0.3 is 9.73 Å². The van der Waals surface area contributed by atoms with E-state index in [0.717, 1.165) is 21.3 Å². The van der Waals surface area contributed by atoms with Crippen molar-refractivity contribution < 1.29 is 9.21 Å². The van der Waals surface area contributed by atoms with E-state index < -0.39 is 0 Å². The third-order valence-electron chi connectivity index (χ3n) is 4.41. The molecule has 5 heteroatoms. The van der Waals surface area contributed by atoms with Gasteiger partial charge >= 0.3 is 0 Å². The van der Waals surface area contributed by atoms with Crippen LogP contribution in [0.15, 0.2) is 87.9 Å². The Labute approximate surface area is 171 Å². The molecule has 138 valence electrons. The molecule has 0 fully saturated rings. The third-order valence-corrected chi connectivity index (χ3v) is 4.90. The quantitative estimate of drug-likeness (QED) is 0.409. The first-order chi connectivity index (χ1) is 13.6. The fraction of sp³-hybridized carbons (Fsp3) is 0.0435. The van der Waals surface area contributed by atoms with Gasteiger partial charge in [-0.2, -0.15) is 0 Å². The molecular formula is C23H17BrN2O2. The van der Waals surface area contributed by atoms with Crippen LogP contribution >= 0.6 is 15.9 Å². The molecule has 0 aliphatic carbocycles. The van der Waals surface area contributed by atoms with Gasteiger partial charge in [0, 0.05) is 21.3 Å². The maximum atomic E-state index is 12.9. The lowest BCUT2D eigenvalue weighted by atomic mass is 10.1. The maximum absolute atomic E-state index is 12.9. The molecule has 1 aromatic heterocycles. The van der Waals surface area contributed by atoms with E-state index in [0.29, 0.717) is 22.8 Å². The zero-order valence-electron chi connectivity index (χ0n) is 15.1. The summed E-state index contributed by atoms with van der Waals surface area (Å²) in [6.07, 6.45) is 1.67. The molecule has 0 spiro atoms. The first-order valence-corrected chi connectivity index (χ1v) is 9.59. The van der Waals surface area contributed by atoms with Gasteiger partial charge in [0.1, 0.15) is 0 Å². The number of oxazole rings is 1. The van der Waals surface area contributed by atoms with Gasteiger partial charge in [-0.15, -0.1) is 0 Å². The number of carbonyl (C=O) groups excluding carboxylic acids is 1. The Kier molecular flexibility index (Phi) is 5.08. The van der Waals surface area contributed by atoms with Crippen molar-refractivity contribution in [2.75, 3.05) is 5.32 Å². The van der Waals surface area contributed by atoms with E-state index >= 15 is 0 Å². The van der Waals surface area contributed by atoms with E-state index in [2.05, 4.69) is 26.2 Å². The molecule has 4 aromatic rings. The smallest absolute Gasteiger partial charge is 0.256 e. The van der Waals surface area contributed by atoms with E-state index in [9.17, 15) is 4.79 Å². The molecular weight excluding hydrogens is 416 g/mol. The Bertz CT molecular complexity index is 1150. The van der Waals surface area contributed by atoms with E-state index in [-0.39, 0.29) is 5.91 Å². The topological polar surface area (TPSA) is 55.1 Å². The van der Waals surface area contributed by atoms with Gasteiger partial charge in [-0.25, -0.2) is 4.98 Å². The minimum absolute atomic E-state index is 0.202. The van der Waals surface area contributed by atoms with Crippen molar-refractivity contribution in [3.8, 4) is 22.8 Å². The van der Waals surface area contributed by atoms with Gasteiger partial charge in [0.15, 0.2) is 5.76 Å². The second kappa shape index (κ2) is 7.82. The fourth-order valence-corrected chi connectivity index (χ4v) is 3.34. The van der Waals surface area contributed by atoms with Gasteiger partial charge in [-0.1, -0.05) is 58.4 Å². The first kappa shape index (κ1) is 18.2. The van der Waals surface area contributed by atoms with Crippen LogP contribution in [0, 0.1) is 6.92 Å². The van der Waals surface area contributed by atoms with Gasteiger partial charge in [-0.3, -0.25) is 4.79 Å². The number of nitrogens with one attached hydrogen (secondary N) is 1. The number of anilines is 1. The molecule has 4 rings (SSSR count). The van der Waals surface area contributed by atoms with Crippen molar-refractivity contribution in [2.45, 2.75) is 6.92 Å². The van der Waals surface area contributed by atoms with Gasteiger partial charge in [-0.05, 0) is 42.8 Å². The van der Waals surface area contributed by atoms with Crippen molar-refractivity contribution in [3.63, 3.8) is 0 Å². The number of benzene rings is 3. The Morgan fingerprint density at radius 3 is 2.61 bits per heavy atom. The molecule has 28 heavy (non-hydrogen) atoms. The van der Waals surface area contributed by atoms with Crippen molar-refractivity contribution in [1.82, 2.24) is 4.98 Å². The molecule has 3 aromatic carbocycles. The summed E-state index contributed by atoms with van der Waals surface area (Å²) in [5.41, 5.74) is 3.85. The van der Waals surface area contributed by atoms with Crippen LogP contribution < -0.4 is 5.32 Å². The summed E-state index contributed by atoms with van der Waals surface area (Å²) in [6.45, 7) is 1.96. The highest BCUT2D eigenvalue weighted by atomic mass is 79.9. The first-order valence-electron chi connectivity index (χ1n) is 8.80. The van der Waals surface area contributed by atoms with Crippen LogP contribution in [0.5, 0.6) is 0 Å². The van der Waals surface area contributed by atoms with Crippen molar-refractivity contribution in [1.29, 1.82) is 0 Å². The highest BCUT2D eigenvalue weighted by Gasteiger charge is 2.17. The molecule has 0 saturated carbocycles. The lowest BCUT2D eigenvalue weighted by molar-refractivity contribution is 0.102. The molecule has 1 N–H and O–H groups in total. The number of para-hydroxylation sites is 1. The number of hydrogen-bond donors (Lipinski definition) is 1. The van der Waals surface area contributed by atoms with Crippen molar-refractivity contribution in [3.05, 3.63) is 94.6 Å². The van der Waals surface area contributed by atoms with Crippen LogP contribution in [-0.4, -0.2) is 10.9 Å². The molecule has 0 atom stereocenters. The predicted octanol–water partition coefficient (Wildman–Crippen LogP) is 6.33. The van der Waals surface area contributed by atoms with E-state index in [4.69, 9.17) is 4.42 Å². The maximum Gasteiger partial charge on any atom is 0.256 e. The standard InChI is InChI=1S/C23H17BrN2O2/c1-15-7-2-5-12-20(15)26-22(27)18-10-3-4-11-19(18)23-25-14-21(28-23)16-8-6-9-17(24)13-16/h2-14H,1H3,(H,26,27). The molecule has 1 heterocycles. The summed E-state index contributed by atoms with van der Waals surface area (Å²) in [4.78, 5) is 17.3. The summed E-state index contributed by atoms with van der Waals surface area (Å²) >= 11 is 3.46. The second-order valence-electron chi connectivity index (χ2n) is 6.35. The van der Waals surface area contributed by atoms with Gasteiger partial charge in [0.05, 0.1) is 11.8 Å². The highest BCUT2D eigenvalue weighted by Crippen LogP contribution is 2.30. The fourth-order valence-electron chi connectivity index (χ4n) is 2.94. The zero-order valence-corrected chi connectivity index (χ0v) is 16.7. The number of aromatic nitrogens is 1. The number of nitrogens with zero attached hydrogens (tertiary/aromatic N) is 1. The van der Waals surface area contributed by atoms with Crippen LogP contribution in [0.4, 0.5) is 5.69 Å². The number of amides is 1. The normalized spacial score (nSPS) is 10.6. The summed E-state index contributed by atoms with van der Waals surface area (Å²) in [7, 11) is 0. The van der Waals surface area contributed by atoms with E-state index in [1.807, 2.05) is 73.7 Å². The summed E-state index contributed by atoms with van der Waals surface area (Å²) in [5.74, 6) is 0.850. The number of halogens is 1. The largest absolute Gasteiger partial charge is 0.436 e. The van der Waals surface area contributed by atoms with Crippen LogP contribution in [-0.2, 0) is 0 Å². The van der Waals surface area contributed by atoms with Crippen LogP contribution in [0.2, 0.25) is 0 Å². The highest BCUT2D eigenvalue weighted by molar-refractivity contribution is 9.10. The third kappa shape index (κ3) is 3.75. The SMILES string of the molecule is Cc1ccccc1NC(=O)c1ccccc1-c1ncc(-c2cccc(Br)c2)o1. The molecule has 4 nitrogen and oxygen atoms in total. The molecule has 0 aliphatic heterocycles. The molecule has 0 unspecified atom stereocenters. The average Bonchev–Trinajstić information content (AvgIpc) is 3.20. The lowest BCUT2D eigenvalue weighted by Gasteiger charge is -2.10. The number of carbonyl (C=O) groups is 1. The van der Waals surface area contributed by atoms with Crippen LogP contribution in [0.1, 0.15) is 15.9 Å². The minimum Gasteiger partial charge on any atom is -0.436 e. The average molecular weight is 433 g/mol. The summed E-state index contributed by atoms with van der Waals surface area (Å²) in [5, 5.41) is 2.97. The molecule has 0 saturated heterocycles. The zero-order chi connectivity index (χ0) is 19.5. The van der Waals surface area contributed by atoms with Crippen molar-refractivity contribution >= 4 is 27.5 Å². The monoisotopic (exact) mass is 432 g/mol. The van der Waals surface area contributed by atoms with Gasteiger partial charge in [0.2, 0.25) is 5.89 Å². The minimum atomic E-state index is -0.202. The predicted molar refractivity (Wildman–Crippen MR) is 114 cm³/mol. The molecule has 0 bridgehead atoms. The number of rotatable bonds is 4. The Morgan fingerprint density at radius 1 is 1.00 bits per heavy atom. The van der Waals surface area contributed by atoms with Crippen LogP contribution in [0.3, 0.4) is 0 Å². The van der Waals surface area contributed by atoms with Crippen LogP contribution in [0.25, 0.3) is 22.8 Å². The molecule has 1 amide bonds. The lowest BCUT2D eigenvalue weighted by Crippen LogP contribution is -2.13. The van der Waals surface area contributed by atoms with E-state index in [1.165, 1.54) is 0 Å². The Balaban J connectivity index is 1.67. The van der Waals surface area contributed by atoms with Crippen molar-refractivity contribution in [2.24, 2.45) is 0 Å². The summed E-state index contributed by atoms with van der Waals surface area (Å²) in [6, 6.07) is 22.8. The molecule has 0 aliphatic rings. The number of aryl methyl sites for hydroxylation is 1. The Hall–Kier alpha value is -3.18. The number of hydrogen-bond acceptors (Lipinski definition) is 3. The van der Waals surface area contributed by atoms with Gasteiger partial charge in [0.25, 0.3) is 5.91 Å². The van der Waals surface area contributed by atoms with E-state index in [1.54, 1.807) is 12.3 Å². The summed E-state index contributed by atoms with van der Waals surface area (Å²) < 4.78 is 6.92.